The fourth-order valence-corrected chi connectivity index (χ4v) is 2.94. The summed E-state index contributed by atoms with van der Waals surface area (Å²) in [5.41, 5.74) is 0.447. The van der Waals surface area contributed by atoms with Gasteiger partial charge in [-0.3, -0.25) is 4.99 Å². The molecule has 1 atom stereocenters. The number of aliphatic hydroxyl groups excluding tert-OH is 1. The summed E-state index contributed by atoms with van der Waals surface area (Å²) in [6.45, 7) is 7.33. The highest BCUT2D eigenvalue weighted by Gasteiger charge is 2.23. The number of nitrogens with zero attached hydrogens (tertiary/aromatic N) is 1. The number of furan rings is 1. The quantitative estimate of drug-likeness (QED) is 0.296. The third-order valence-corrected chi connectivity index (χ3v) is 4.28. The Bertz CT molecular complexity index is 739. The lowest BCUT2D eigenvalue weighted by atomic mass is 9.84. The first-order chi connectivity index (χ1) is 12.3. The van der Waals surface area contributed by atoms with E-state index in [1.165, 1.54) is 18.4 Å². The molecular weight excluding hydrogens is 484 g/mol. The fourth-order valence-electron chi connectivity index (χ4n) is 2.52. The highest BCUT2D eigenvalue weighted by atomic mass is 127. The Morgan fingerprint density at radius 1 is 1.33 bits per heavy atom. The highest BCUT2D eigenvalue weighted by molar-refractivity contribution is 14.0. The monoisotopic (exact) mass is 509 g/mol. The molecule has 150 valence electrons. The second kappa shape index (κ2) is 10.9. The molecule has 1 aromatic carbocycles. The van der Waals surface area contributed by atoms with Crippen molar-refractivity contribution in [2.24, 2.45) is 4.99 Å². The largest absolute Gasteiger partial charge is 0.467 e. The van der Waals surface area contributed by atoms with Gasteiger partial charge in [0.25, 0.3) is 0 Å². The molecule has 0 aliphatic rings. The standard InChI is InChI=1S/C19H25ClFN3O2.HI/c1-4-22-18(23-11-16(25)17-6-5-9-26-17)24-12-19(2,3)14-8-7-13(21)10-15(14)20;/h5-10,16,25H,4,11-12H2,1-3H3,(H2,22,23,24);1H. The molecule has 1 aromatic heterocycles. The van der Waals surface area contributed by atoms with Crippen LogP contribution in [0.2, 0.25) is 5.02 Å². The van der Waals surface area contributed by atoms with Crippen LogP contribution in [0, 0.1) is 5.82 Å². The van der Waals surface area contributed by atoms with Crippen LogP contribution in [0.1, 0.15) is 38.2 Å². The molecule has 2 rings (SSSR count). The van der Waals surface area contributed by atoms with Crippen molar-refractivity contribution >= 4 is 41.5 Å². The summed E-state index contributed by atoms with van der Waals surface area (Å²) in [4.78, 5) is 4.58. The summed E-state index contributed by atoms with van der Waals surface area (Å²) in [7, 11) is 0. The lowest BCUT2D eigenvalue weighted by Crippen LogP contribution is -2.40. The lowest BCUT2D eigenvalue weighted by molar-refractivity contribution is 0.153. The molecule has 0 radical (unpaired) electrons. The van der Waals surface area contributed by atoms with Crippen molar-refractivity contribution in [1.29, 1.82) is 0 Å². The minimum absolute atomic E-state index is 0. The second-order valence-corrected chi connectivity index (χ2v) is 7.02. The van der Waals surface area contributed by atoms with Gasteiger partial charge in [-0.15, -0.1) is 24.0 Å². The molecule has 0 bridgehead atoms. The molecule has 0 amide bonds. The maximum Gasteiger partial charge on any atom is 0.191 e. The van der Waals surface area contributed by atoms with E-state index in [0.29, 0.717) is 29.8 Å². The SMILES string of the molecule is CCNC(=NCC(C)(C)c1ccc(F)cc1Cl)NCC(O)c1ccco1.I. The normalized spacial score (nSPS) is 13.0. The van der Waals surface area contributed by atoms with Crippen molar-refractivity contribution in [2.45, 2.75) is 32.3 Å². The van der Waals surface area contributed by atoms with Crippen LogP contribution in [0.25, 0.3) is 0 Å². The number of hydrogen-bond donors (Lipinski definition) is 3. The third kappa shape index (κ3) is 6.97. The molecule has 0 aliphatic heterocycles. The molecule has 3 N–H and O–H groups in total. The summed E-state index contributed by atoms with van der Waals surface area (Å²) < 4.78 is 18.5. The molecule has 0 saturated carbocycles. The Hall–Kier alpha value is -1.32. The maximum absolute atomic E-state index is 13.3. The summed E-state index contributed by atoms with van der Waals surface area (Å²) in [6.07, 6.45) is 0.751. The van der Waals surface area contributed by atoms with E-state index in [0.717, 1.165) is 5.56 Å². The van der Waals surface area contributed by atoms with E-state index >= 15 is 0 Å². The average molecular weight is 510 g/mol. The Morgan fingerprint density at radius 2 is 2.07 bits per heavy atom. The molecule has 0 spiro atoms. The van der Waals surface area contributed by atoms with Crippen LogP contribution in [0.4, 0.5) is 4.39 Å². The lowest BCUT2D eigenvalue weighted by Gasteiger charge is -2.25. The number of benzene rings is 1. The topological polar surface area (TPSA) is 69.8 Å². The zero-order chi connectivity index (χ0) is 19.2. The van der Waals surface area contributed by atoms with Crippen molar-refractivity contribution in [3.05, 3.63) is 58.8 Å². The van der Waals surface area contributed by atoms with Crippen LogP contribution in [0.3, 0.4) is 0 Å². The van der Waals surface area contributed by atoms with Gasteiger partial charge in [0.05, 0.1) is 19.4 Å². The van der Waals surface area contributed by atoms with E-state index in [2.05, 4.69) is 15.6 Å². The van der Waals surface area contributed by atoms with Gasteiger partial charge in [0.1, 0.15) is 17.7 Å². The van der Waals surface area contributed by atoms with Crippen molar-refractivity contribution in [3.8, 4) is 0 Å². The molecule has 1 unspecified atom stereocenters. The number of aliphatic imine (C=N–C) groups is 1. The van der Waals surface area contributed by atoms with Crippen LogP contribution >= 0.6 is 35.6 Å². The van der Waals surface area contributed by atoms with Gasteiger partial charge < -0.3 is 20.2 Å². The van der Waals surface area contributed by atoms with E-state index in [1.807, 2.05) is 20.8 Å². The van der Waals surface area contributed by atoms with Crippen molar-refractivity contribution < 1.29 is 13.9 Å². The van der Waals surface area contributed by atoms with E-state index in [9.17, 15) is 9.50 Å². The Kier molecular flexibility index (Phi) is 9.55. The van der Waals surface area contributed by atoms with E-state index in [-0.39, 0.29) is 41.8 Å². The molecule has 8 heteroatoms. The first-order valence-corrected chi connectivity index (χ1v) is 8.90. The van der Waals surface area contributed by atoms with E-state index in [4.69, 9.17) is 16.0 Å². The molecular formula is C19H26ClFIN3O2. The third-order valence-electron chi connectivity index (χ3n) is 3.97. The molecule has 5 nitrogen and oxygen atoms in total. The maximum atomic E-state index is 13.3. The van der Waals surface area contributed by atoms with Gasteiger partial charge in [0, 0.05) is 17.0 Å². The predicted molar refractivity (Wildman–Crippen MR) is 118 cm³/mol. The van der Waals surface area contributed by atoms with Gasteiger partial charge in [0.15, 0.2) is 5.96 Å². The number of rotatable bonds is 7. The van der Waals surface area contributed by atoms with Crippen molar-refractivity contribution in [2.75, 3.05) is 19.6 Å². The van der Waals surface area contributed by atoms with E-state index < -0.39 is 6.10 Å². The summed E-state index contributed by atoms with van der Waals surface area (Å²) >= 11 is 6.19. The van der Waals surface area contributed by atoms with Crippen LogP contribution in [0.15, 0.2) is 46.0 Å². The van der Waals surface area contributed by atoms with Gasteiger partial charge >= 0.3 is 0 Å². The Balaban J connectivity index is 0.00000364. The number of hydrogen-bond acceptors (Lipinski definition) is 3. The van der Waals surface area contributed by atoms with Crippen LogP contribution in [0.5, 0.6) is 0 Å². The zero-order valence-electron chi connectivity index (χ0n) is 15.6. The Morgan fingerprint density at radius 3 is 2.67 bits per heavy atom. The van der Waals surface area contributed by atoms with Crippen molar-refractivity contribution in [1.82, 2.24) is 10.6 Å². The number of aliphatic hydroxyl groups is 1. The van der Waals surface area contributed by atoms with Crippen LogP contribution in [-0.2, 0) is 5.41 Å². The van der Waals surface area contributed by atoms with Gasteiger partial charge in [-0.2, -0.15) is 0 Å². The molecule has 1 heterocycles. The van der Waals surface area contributed by atoms with E-state index in [1.54, 1.807) is 18.2 Å². The summed E-state index contributed by atoms with van der Waals surface area (Å²) in [5, 5.41) is 16.7. The molecule has 0 aliphatic carbocycles. The molecule has 0 saturated heterocycles. The predicted octanol–water partition coefficient (Wildman–Crippen LogP) is 4.26. The minimum Gasteiger partial charge on any atom is -0.467 e. The van der Waals surface area contributed by atoms with Gasteiger partial charge in [-0.05, 0) is 36.8 Å². The van der Waals surface area contributed by atoms with Gasteiger partial charge in [-0.25, -0.2) is 4.39 Å². The smallest absolute Gasteiger partial charge is 0.191 e. The second-order valence-electron chi connectivity index (χ2n) is 6.62. The molecule has 2 aromatic rings. The molecule has 0 fully saturated rings. The Labute approximate surface area is 181 Å². The molecule has 27 heavy (non-hydrogen) atoms. The van der Waals surface area contributed by atoms with Crippen LogP contribution < -0.4 is 10.6 Å². The first kappa shape index (κ1) is 23.7. The first-order valence-electron chi connectivity index (χ1n) is 8.52. The number of halogens is 3. The van der Waals surface area contributed by atoms with Crippen molar-refractivity contribution in [3.63, 3.8) is 0 Å². The number of nitrogens with one attached hydrogen (secondary N) is 2. The minimum atomic E-state index is -0.770. The van der Waals surface area contributed by atoms with Gasteiger partial charge in [-0.1, -0.05) is 31.5 Å². The summed E-state index contributed by atoms with van der Waals surface area (Å²) in [6, 6.07) is 7.85. The summed E-state index contributed by atoms with van der Waals surface area (Å²) in [5.74, 6) is 0.705. The fraction of sp³-hybridized carbons (Fsp3) is 0.421. The van der Waals surface area contributed by atoms with Crippen LogP contribution in [-0.4, -0.2) is 30.7 Å². The zero-order valence-corrected chi connectivity index (χ0v) is 18.7. The highest BCUT2D eigenvalue weighted by Crippen LogP contribution is 2.30. The van der Waals surface area contributed by atoms with Gasteiger partial charge in [0.2, 0.25) is 0 Å². The number of guanidine groups is 1. The average Bonchev–Trinajstić information content (AvgIpc) is 3.11.